The minimum absolute atomic E-state index is 0.180. The lowest BCUT2D eigenvalue weighted by Crippen LogP contribution is -2.01. The first kappa shape index (κ1) is 15.2. The fourth-order valence-corrected chi connectivity index (χ4v) is 2.34. The number of aryl methyl sites for hydroxylation is 2. The molecule has 0 fully saturated rings. The molecule has 0 aromatic heterocycles. The van der Waals surface area contributed by atoms with Gasteiger partial charge in [0.2, 0.25) is 0 Å². The van der Waals surface area contributed by atoms with Crippen LogP contribution < -0.4 is 0 Å². The number of rotatable bonds is 7. The van der Waals surface area contributed by atoms with Crippen LogP contribution in [0.1, 0.15) is 66.9 Å². The van der Waals surface area contributed by atoms with E-state index in [-0.39, 0.29) is 5.78 Å². The predicted octanol–water partition coefficient (Wildman–Crippen LogP) is 5.50. The second-order valence-corrected chi connectivity index (χ2v) is 5.41. The number of carbonyl (C=O) groups excluding carboxylic acids is 1. The summed E-state index contributed by atoms with van der Waals surface area (Å²) in [5.41, 5.74) is 2.96. The summed E-state index contributed by atoms with van der Waals surface area (Å²) in [4.78, 5) is 12.1. The number of carbonyl (C=O) groups is 1. The highest BCUT2D eigenvalue weighted by atomic mass is 35.5. The summed E-state index contributed by atoms with van der Waals surface area (Å²) in [5, 5.41) is 0.594. The topological polar surface area (TPSA) is 17.1 Å². The van der Waals surface area contributed by atoms with Gasteiger partial charge in [-0.05, 0) is 43.5 Å². The smallest absolute Gasteiger partial charge is 0.164 e. The summed E-state index contributed by atoms with van der Waals surface area (Å²) < 4.78 is 0. The average molecular weight is 267 g/mol. The number of unbranched alkanes of at least 4 members (excludes halogenated alkanes) is 4. The van der Waals surface area contributed by atoms with E-state index in [1.807, 2.05) is 26.0 Å². The summed E-state index contributed by atoms with van der Waals surface area (Å²) in [6.45, 7) is 6.23. The van der Waals surface area contributed by atoms with Gasteiger partial charge in [-0.3, -0.25) is 4.79 Å². The Hall–Kier alpha value is -0.820. The van der Waals surface area contributed by atoms with Crippen molar-refractivity contribution in [2.45, 2.75) is 59.3 Å². The van der Waals surface area contributed by atoms with Crippen LogP contribution in [-0.4, -0.2) is 5.78 Å². The van der Waals surface area contributed by atoms with Crippen LogP contribution in [-0.2, 0) is 0 Å². The molecule has 0 amide bonds. The van der Waals surface area contributed by atoms with Crippen LogP contribution in [0.5, 0.6) is 0 Å². The van der Waals surface area contributed by atoms with Crippen molar-refractivity contribution in [1.29, 1.82) is 0 Å². The molecule has 0 saturated carbocycles. The maximum absolute atomic E-state index is 12.1. The van der Waals surface area contributed by atoms with Crippen LogP contribution in [0.3, 0.4) is 0 Å². The van der Waals surface area contributed by atoms with E-state index in [2.05, 4.69) is 6.92 Å². The monoisotopic (exact) mass is 266 g/mol. The van der Waals surface area contributed by atoms with Crippen molar-refractivity contribution in [3.63, 3.8) is 0 Å². The van der Waals surface area contributed by atoms with Crippen LogP contribution in [0.2, 0.25) is 5.02 Å². The first-order valence-corrected chi connectivity index (χ1v) is 7.24. The highest BCUT2D eigenvalue weighted by Gasteiger charge is 2.11. The minimum Gasteiger partial charge on any atom is -0.294 e. The Morgan fingerprint density at radius 3 is 2.33 bits per heavy atom. The van der Waals surface area contributed by atoms with E-state index in [1.165, 1.54) is 19.3 Å². The predicted molar refractivity (Wildman–Crippen MR) is 78.6 cm³/mol. The first-order chi connectivity index (χ1) is 8.56. The number of hydrogen-bond donors (Lipinski definition) is 0. The standard InChI is InChI=1S/C16H23ClO/c1-4-5-6-7-8-9-16(18)14-10-12(2)13(3)11-15(14)17/h10-11H,4-9H2,1-3H3. The Bertz CT molecular complexity index is 410. The molecule has 0 heterocycles. The Kier molecular flexibility index (Phi) is 6.42. The molecular weight excluding hydrogens is 244 g/mol. The van der Waals surface area contributed by atoms with E-state index >= 15 is 0 Å². The molecule has 0 aliphatic rings. The van der Waals surface area contributed by atoms with Gasteiger partial charge in [-0.15, -0.1) is 0 Å². The summed E-state index contributed by atoms with van der Waals surface area (Å²) >= 11 is 6.14. The van der Waals surface area contributed by atoms with Gasteiger partial charge in [0, 0.05) is 12.0 Å². The lowest BCUT2D eigenvalue weighted by molar-refractivity contribution is 0.0979. The lowest BCUT2D eigenvalue weighted by atomic mass is 10.00. The number of Topliss-reactive ketones (excluding diaryl/α,β-unsaturated/α-hetero) is 1. The fourth-order valence-electron chi connectivity index (χ4n) is 2.02. The third kappa shape index (κ3) is 4.45. The SMILES string of the molecule is CCCCCCCC(=O)c1cc(C)c(C)cc1Cl. The van der Waals surface area contributed by atoms with E-state index in [4.69, 9.17) is 11.6 Å². The zero-order valence-electron chi connectivity index (χ0n) is 11.7. The van der Waals surface area contributed by atoms with E-state index < -0.39 is 0 Å². The van der Waals surface area contributed by atoms with E-state index in [9.17, 15) is 4.79 Å². The Balaban J connectivity index is 2.54. The minimum atomic E-state index is 0.180. The molecule has 1 rings (SSSR count). The largest absolute Gasteiger partial charge is 0.294 e. The van der Waals surface area contributed by atoms with Crippen LogP contribution in [0.15, 0.2) is 12.1 Å². The summed E-state index contributed by atoms with van der Waals surface area (Å²) in [6, 6.07) is 3.81. The molecule has 0 unspecified atom stereocenters. The number of halogens is 1. The molecule has 0 radical (unpaired) electrons. The molecule has 0 bridgehead atoms. The van der Waals surface area contributed by atoms with Crippen molar-refractivity contribution in [1.82, 2.24) is 0 Å². The molecule has 0 aliphatic heterocycles. The van der Waals surface area contributed by atoms with Crippen molar-refractivity contribution in [3.05, 3.63) is 33.8 Å². The molecule has 2 heteroatoms. The lowest BCUT2D eigenvalue weighted by Gasteiger charge is -2.07. The number of benzene rings is 1. The Morgan fingerprint density at radius 2 is 1.67 bits per heavy atom. The quantitative estimate of drug-likeness (QED) is 0.470. The molecule has 0 spiro atoms. The van der Waals surface area contributed by atoms with Crippen molar-refractivity contribution in [3.8, 4) is 0 Å². The van der Waals surface area contributed by atoms with Gasteiger partial charge >= 0.3 is 0 Å². The van der Waals surface area contributed by atoms with Crippen LogP contribution >= 0.6 is 11.6 Å². The van der Waals surface area contributed by atoms with Crippen molar-refractivity contribution in [2.24, 2.45) is 0 Å². The molecule has 0 saturated heterocycles. The molecule has 0 N–H and O–H groups in total. The number of ketones is 1. The highest BCUT2D eigenvalue weighted by Crippen LogP contribution is 2.23. The molecule has 0 atom stereocenters. The van der Waals surface area contributed by atoms with Gasteiger partial charge in [0.05, 0.1) is 5.02 Å². The second-order valence-electron chi connectivity index (χ2n) is 5.00. The van der Waals surface area contributed by atoms with Crippen molar-refractivity contribution in [2.75, 3.05) is 0 Å². The molecule has 100 valence electrons. The molecular formula is C16H23ClO. The zero-order valence-corrected chi connectivity index (χ0v) is 12.4. The normalized spacial score (nSPS) is 10.7. The Labute approximate surface area is 116 Å². The summed E-state index contributed by atoms with van der Waals surface area (Å²) in [6.07, 6.45) is 6.45. The van der Waals surface area contributed by atoms with Gasteiger partial charge in [0.25, 0.3) is 0 Å². The maximum atomic E-state index is 12.1. The Morgan fingerprint density at radius 1 is 1.06 bits per heavy atom. The van der Waals surface area contributed by atoms with E-state index in [1.54, 1.807) is 0 Å². The van der Waals surface area contributed by atoms with Gasteiger partial charge in [-0.1, -0.05) is 44.2 Å². The zero-order chi connectivity index (χ0) is 13.5. The third-order valence-electron chi connectivity index (χ3n) is 3.39. The van der Waals surface area contributed by atoms with Gasteiger partial charge in [0.15, 0.2) is 5.78 Å². The number of hydrogen-bond acceptors (Lipinski definition) is 1. The molecule has 0 aliphatic carbocycles. The molecule has 1 nitrogen and oxygen atoms in total. The van der Waals surface area contributed by atoms with Gasteiger partial charge in [-0.25, -0.2) is 0 Å². The second kappa shape index (κ2) is 7.58. The van der Waals surface area contributed by atoms with E-state index in [0.29, 0.717) is 17.0 Å². The van der Waals surface area contributed by atoms with Crippen molar-refractivity contribution < 1.29 is 4.79 Å². The highest BCUT2D eigenvalue weighted by molar-refractivity contribution is 6.34. The molecule has 1 aromatic carbocycles. The fraction of sp³-hybridized carbons (Fsp3) is 0.562. The maximum Gasteiger partial charge on any atom is 0.164 e. The van der Waals surface area contributed by atoms with Gasteiger partial charge in [-0.2, -0.15) is 0 Å². The first-order valence-electron chi connectivity index (χ1n) is 6.86. The molecule has 18 heavy (non-hydrogen) atoms. The van der Waals surface area contributed by atoms with Gasteiger partial charge < -0.3 is 0 Å². The summed E-state index contributed by atoms with van der Waals surface area (Å²) in [5.74, 6) is 0.180. The summed E-state index contributed by atoms with van der Waals surface area (Å²) in [7, 11) is 0. The van der Waals surface area contributed by atoms with Gasteiger partial charge in [0.1, 0.15) is 0 Å². The van der Waals surface area contributed by atoms with Crippen LogP contribution in [0.25, 0.3) is 0 Å². The van der Waals surface area contributed by atoms with E-state index in [0.717, 1.165) is 24.0 Å². The van der Waals surface area contributed by atoms with Crippen molar-refractivity contribution >= 4 is 17.4 Å². The third-order valence-corrected chi connectivity index (χ3v) is 3.70. The van der Waals surface area contributed by atoms with Crippen LogP contribution in [0.4, 0.5) is 0 Å². The van der Waals surface area contributed by atoms with Crippen LogP contribution in [0, 0.1) is 13.8 Å². The average Bonchev–Trinajstić information content (AvgIpc) is 2.33. The molecule has 1 aromatic rings.